The van der Waals surface area contributed by atoms with Crippen molar-refractivity contribution in [3.63, 3.8) is 0 Å². The Kier molecular flexibility index (Phi) is 14.7. The first kappa shape index (κ1) is 48.6. The maximum absolute atomic E-state index is 16.6. The average Bonchev–Trinajstić information content (AvgIpc) is 3.65. The molecule has 6 heterocycles. The predicted octanol–water partition coefficient (Wildman–Crippen LogP) is 7.97. The lowest BCUT2D eigenvalue weighted by atomic mass is 9.88. The van der Waals surface area contributed by atoms with Crippen LogP contribution in [0.4, 0.5) is 24.7 Å². The summed E-state index contributed by atoms with van der Waals surface area (Å²) in [6, 6.07) is 6.17. The third-order valence-electron chi connectivity index (χ3n) is 13.9. The SMILES string of the molecule is C=C1CCC(N2CCN(C3CCN(CC(=C)N4CCN(c5ccc(/C(=C/c6c(C(=C)c7c(F)ccc(NS(=O)(=O)N(C)CC)c7F)c[nH]c6C)CC)cn5)CC4)CC3(C)F)CC2=C)C(=C)N1. The quantitative estimate of drug-likeness (QED) is 0.140. The number of hydrogen-bond donors (Lipinski definition) is 3. The van der Waals surface area contributed by atoms with Gasteiger partial charge in [-0.2, -0.15) is 12.7 Å². The Morgan fingerprint density at radius 2 is 1.77 bits per heavy atom. The van der Waals surface area contributed by atoms with E-state index in [0.717, 1.165) is 127 Å². The Morgan fingerprint density at radius 3 is 2.41 bits per heavy atom. The normalized spacial score (nSPS) is 22.8. The highest BCUT2D eigenvalue weighted by Gasteiger charge is 2.45. The second kappa shape index (κ2) is 19.9. The van der Waals surface area contributed by atoms with E-state index in [2.05, 4.69) is 72.4 Å². The van der Waals surface area contributed by atoms with Gasteiger partial charge in [-0.05, 0) is 86.6 Å². The number of aromatic nitrogens is 2. The number of aromatic amines is 1. The van der Waals surface area contributed by atoms with Crippen molar-refractivity contribution in [2.75, 3.05) is 88.7 Å². The van der Waals surface area contributed by atoms with Crippen molar-refractivity contribution in [1.29, 1.82) is 0 Å². The summed E-state index contributed by atoms with van der Waals surface area (Å²) in [5.74, 6) is -1.05. The lowest BCUT2D eigenvalue weighted by Crippen LogP contribution is -2.63. The van der Waals surface area contributed by atoms with Crippen molar-refractivity contribution in [2.45, 2.75) is 71.1 Å². The van der Waals surface area contributed by atoms with Crippen molar-refractivity contribution < 1.29 is 21.6 Å². The molecule has 3 unspecified atom stereocenters. The molecule has 0 spiro atoms. The molecule has 16 heteroatoms. The number of benzene rings is 1. The maximum Gasteiger partial charge on any atom is 0.301 e. The molecule has 0 amide bonds. The van der Waals surface area contributed by atoms with Crippen molar-refractivity contribution >= 4 is 38.9 Å². The lowest BCUT2D eigenvalue weighted by Gasteiger charge is -2.51. The highest BCUT2D eigenvalue weighted by molar-refractivity contribution is 7.90. The van der Waals surface area contributed by atoms with Crippen LogP contribution in [0.2, 0.25) is 0 Å². The fraction of sp³-hybridized carbons (Fsp3) is 0.460. The number of hydrogen-bond acceptors (Lipinski definition) is 9. The third kappa shape index (κ3) is 10.3. The molecule has 0 aliphatic carbocycles. The summed E-state index contributed by atoms with van der Waals surface area (Å²) in [4.78, 5) is 19.4. The van der Waals surface area contributed by atoms with E-state index in [9.17, 15) is 8.42 Å². The third-order valence-corrected chi connectivity index (χ3v) is 15.4. The molecule has 3 atom stereocenters. The van der Waals surface area contributed by atoms with Gasteiger partial charge < -0.3 is 25.0 Å². The molecule has 0 radical (unpaired) electrons. The number of alkyl halides is 1. The second-order valence-corrected chi connectivity index (χ2v) is 20.1. The molecule has 66 heavy (non-hydrogen) atoms. The topological polar surface area (TPSA) is 106 Å². The molecule has 356 valence electrons. The molecular weight excluding hydrogens is 862 g/mol. The van der Waals surface area contributed by atoms with E-state index in [0.29, 0.717) is 37.2 Å². The zero-order chi connectivity index (χ0) is 47.7. The zero-order valence-electron chi connectivity index (χ0n) is 39.3. The summed E-state index contributed by atoms with van der Waals surface area (Å²) < 4.78 is 76.4. The number of allylic oxidation sites excluding steroid dienone is 2. The van der Waals surface area contributed by atoms with Gasteiger partial charge in [0.25, 0.3) is 0 Å². The average molecular weight is 929 g/mol. The molecule has 4 aliphatic heterocycles. The minimum Gasteiger partial charge on any atom is -0.371 e. The van der Waals surface area contributed by atoms with Gasteiger partial charge in [0.2, 0.25) is 0 Å². The van der Waals surface area contributed by atoms with Gasteiger partial charge in [0.15, 0.2) is 5.82 Å². The summed E-state index contributed by atoms with van der Waals surface area (Å²) >= 11 is 0. The Labute approximate surface area is 390 Å². The molecule has 3 aromatic rings. The van der Waals surface area contributed by atoms with Crippen LogP contribution in [-0.2, 0) is 10.2 Å². The van der Waals surface area contributed by atoms with Crippen molar-refractivity contribution in [3.8, 4) is 0 Å². The van der Waals surface area contributed by atoms with Crippen LogP contribution in [0, 0.1) is 18.6 Å². The summed E-state index contributed by atoms with van der Waals surface area (Å²) in [5, 5.41) is 3.32. The van der Waals surface area contributed by atoms with Gasteiger partial charge in [-0.15, -0.1) is 0 Å². The van der Waals surface area contributed by atoms with Crippen LogP contribution in [0.5, 0.6) is 0 Å². The molecule has 4 saturated heterocycles. The molecule has 3 N–H and O–H groups in total. The molecule has 7 rings (SSSR count). The Morgan fingerprint density at radius 1 is 1.03 bits per heavy atom. The van der Waals surface area contributed by atoms with Gasteiger partial charge in [-0.25, -0.2) is 18.2 Å². The van der Waals surface area contributed by atoms with E-state index < -0.39 is 33.1 Å². The van der Waals surface area contributed by atoms with E-state index in [1.54, 1.807) is 20.0 Å². The minimum atomic E-state index is -4.05. The molecule has 4 aliphatic rings. The molecule has 1 aromatic carbocycles. The maximum atomic E-state index is 16.6. The highest BCUT2D eigenvalue weighted by Crippen LogP contribution is 2.37. The van der Waals surface area contributed by atoms with Gasteiger partial charge >= 0.3 is 10.2 Å². The standard InChI is InChI=1S/C50H67F3N10O2S/c1-11-39(27-41-37(7)54-29-42(41)36(6)48-43(51)15-16-44(49(48)52)57-66(64,65)58(10)12-2)40-14-18-47(55-28-40)61-23-21-60(22-24-61)34(4)30-59-20-19-46(50(9,53)32-59)62-25-26-63(35(5)31-62)45-17-13-33(3)56-38(45)8/h14-16,18,27-29,45-46,54,56-57H,3-6,8,11-13,17,19-26,30-32H2,1-2,7,9-10H3/b39-27+. The summed E-state index contributed by atoms with van der Waals surface area (Å²) in [6.07, 6.45) is 8.76. The van der Waals surface area contributed by atoms with Crippen molar-refractivity contribution in [2.24, 2.45) is 0 Å². The number of piperazine rings is 2. The van der Waals surface area contributed by atoms with Gasteiger partial charge in [0, 0.05) is 137 Å². The van der Waals surface area contributed by atoms with Gasteiger partial charge in [0.05, 0.1) is 17.3 Å². The number of anilines is 2. The molecule has 2 aromatic heterocycles. The van der Waals surface area contributed by atoms with Crippen LogP contribution in [0.25, 0.3) is 17.2 Å². The number of pyridine rings is 1. The van der Waals surface area contributed by atoms with Crippen LogP contribution >= 0.6 is 0 Å². The van der Waals surface area contributed by atoms with E-state index >= 15 is 13.2 Å². The number of nitrogens with zero attached hydrogens (tertiary/aromatic N) is 7. The molecular formula is C50H67F3N10O2S. The molecule has 4 fully saturated rings. The van der Waals surface area contributed by atoms with Crippen molar-refractivity contribution in [3.05, 3.63) is 132 Å². The summed E-state index contributed by atoms with van der Waals surface area (Å²) in [6.45, 7) is 35.8. The van der Waals surface area contributed by atoms with Crippen LogP contribution in [0.3, 0.4) is 0 Å². The fourth-order valence-electron chi connectivity index (χ4n) is 9.91. The monoisotopic (exact) mass is 929 g/mol. The smallest absolute Gasteiger partial charge is 0.301 e. The minimum absolute atomic E-state index is 0.0707. The largest absolute Gasteiger partial charge is 0.371 e. The fourth-order valence-corrected chi connectivity index (χ4v) is 10.8. The van der Waals surface area contributed by atoms with Crippen LogP contribution < -0.4 is 14.9 Å². The number of rotatable bonds is 15. The van der Waals surface area contributed by atoms with Gasteiger partial charge in [-0.1, -0.05) is 46.7 Å². The van der Waals surface area contributed by atoms with Gasteiger partial charge in [0.1, 0.15) is 17.3 Å². The number of piperidine rings is 2. The van der Waals surface area contributed by atoms with Crippen LogP contribution in [0.1, 0.15) is 74.4 Å². The summed E-state index contributed by atoms with van der Waals surface area (Å²) in [5.41, 5.74) is 5.73. The Balaban J connectivity index is 0.930. The first-order valence-corrected chi connectivity index (χ1v) is 24.4. The van der Waals surface area contributed by atoms with E-state index in [4.69, 9.17) is 4.98 Å². The number of halogens is 3. The first-order chi connectivity index (χ1) is 31.3. The zero-order valence-corrected chi connectivity index (χ0v) is 40.1. The van der Waals surface area contributed by atoms with Crippen LogP contribution in [-0.4, -0.2) is 139 Å². The van der Waals surface area contributed by atoms with E-state index in [-0.39, 0.29) is 29.9 Å². The Bertz CT molecular complexity index is 2490. The number of H-pyrrole nitrogens is 1. The predicted molar refractivity (Wildman–Crippen MR) is 262 cm³/mol. The number of aryl methyl sites for hydroxylation is 1. The van der Waals surface area contributed by atoms with Gasteiger partial charge in [-0.3, -0.25) is 14.5 Å². The highest BCUT2D eigenvalue weighted by atomic mass is 32.2. The molecule has 0 saturated carbocycles. The molecule has 12 nitrogen and oxygen atoms in total. The number of likely N-dealkylation sites (tertiary alicyclic amines) is 1. The Hall–Kier alpha value is -5.29. The number of nitrogens with one attached hydrogen (secondary N) is 3. The van der Waals surface area contributed by atoms with Crippen LogP contribution in [0.15, 0.2) is 92.3 Å². The van der Waals surface area contributed by atoms with E-state index in [1.807, 2.05) is 38.3 Å². The second-order valence-electron chi connectivity index (χ2n) is 18.3. The lowest BCUT2D eigenvalue weighted by molar-refractivity contribution is -0.0383. The first-order valence-electron chi connectivity index (χ1n) is 23.0. The van der Waals surface area contributed by atoms with E-state index in [1.165, 1.54) is 7.05 Å². The molecule has 0 bridgehead atoms. The van der Waals surface area contributed by atoms with Crippen molar-refractivity contribution in [1.82, 2.24) is 39.2 Å². The summed E-state index contributed by atoms with van der Waals surface area (Å²) in [7, 11) is -2.69.